The smallest absolute Gasteiger partial charge is 0.270 e. The lowest BCUT2D eigenvalue weighted by molar-refractivity contribution is -0.384. The summed E-state index contributed by atoms with van der Waals surface area (Å²) in [5.74, 6) is 0.286. The van der Waals surface area contributed by atoms with Gasteiger partial charge in [0, 0.05) is 28.6 Å². The molecule has 3 aromatic carbocycles. The van der Waals surface area contributed by atoms with Gasteiger partial charge < -0.3 is 10.1 Å². The van der Waals surface area contributed by atoms with Crippen LogP contribution < -0.4 is 15.4 Å². The number of hydrogen-bond acceptors (Lipinski definition) is 5. The minimum absolute atomic E-state index is 0.0570. The average molecular weight is 500 g/mol. The number of rotatable bonds is 7. The molecule has 0 aliphatic carbocycles. The van der Waals surface area contributed by atoms with Gasteiger partial charge in [0.2, 0.25) is 0 Å². The standard InChI is InChI=1S/C22H18BrN3O4S/c23-19-14-17(26(28)29)8-11-20(19)24-22(31)25-21(27)16-6-9-18(10-7-16)30-13-12-15-4-2-1-3-5-15/h1-11,14H,12-13H2,(H2,24,25,27,31). The number of hydrogen-bond donors (Lipinski definition) is 2. The van der Waals surface area contributed by atoms with Crippen molar-refractivity contribution in [3.63, 3.8) is 0 Å². The Bertz CT molecular complexity index is 1090. The van der Waals surface area contributed by atoms with E-state index >= 15 is 0 Å². The van der Waals surface area contributed by atoms with E-state index in [9.17, 15) is 14.9 Å². The molecule has 31 heavy (non-hydrogen) atoms. The van der Waals surface area contributed by atoms with Crippen LogP contribution in [0.3, 0.4) is 0 Å². The highest BCUT2D eigenvalue weighted by molar-refractivity contribution is 9.10. The lowest BCUT2D eigenvalue weighted by Gasteiger charge is -2.11. The molecule has 0 aliphatic heterocycles. The Morgan fingerprint density at radius 3 is 2.42 bits per heavy atom. The maximum atomic E-state index is 12.4. The third kappa shape index (κ3) is 6.59. The molecule has 0 unspecified atom stereocenters. The summed E-state index contributed by atoms with van der Waals surface area (Å²) in [5, 5.41) is 16.3. The number of ether oxygens (including phenoxy) is 1. The number of amides is 1. The quantitative estimate of drug-likeness (QED) is 0.266. The third-order valence-electron chi connectivity index (χ3n) is 4.26. The number of halogens is 1. The molecular formula is C22H18BrN3O4S. The van der Waals surface area contributed by atoms with E-state index in [1.165, 1.54) is 23.8 Å². The van der Waals surface area contributed by atoms with Gasteiger partial charge in [-0.25, -0.2) is 0 Å². The van der Waals surface area contributed by atoms with Crippen LogP contribution in [-0.2, 0) is 6.42 Å². The first-order valence-electron chi connectivity index (χ1n) is 9.25. The SMILES string of the molecule is O=C(NC(=S)Nc1ccc([N+](=O)[O-])cc1Br)c1ccc(OCCc2ccccc2)cc1. The minimum Gasteiger partial charge on any atom is -0.493 e. The van der Waals surface area contributed by atoms with Crippen molar-refractivity contribution in [3.8, 4) is 5.75 Å². The molecule has 0 saturated carbocycles. The van der Waals surface area contributed by atoms with E-state index in [-0.39, 0.29) is 16.7 Å². The Morgan fingerprint density at radius 1 is 1.06 bits per heavy atom. The largest absolute Gasteiger partial charge is 0.493 e. The number of thiocarbonyl (C=S) groups is 1. The molecule has 0 spiro atoms. The number of nitrogens with zero attached hydrogens (tertiary/aromatic N) is 1. The zero-order chi connectivity index (χ0) is 22.2. The predicted octanol–water partition coefficient (Wildman–Crippen LogP) is 5.11. The number of nitro benzene ring substituents is 1. The van der Waals surface area contributed by atoms with Gasteiger partial charge in [-0.05, 0) is 64.0 Å². The predicted molar refractivity (Wildman–Crippen MR) is 127 cm³/mol. The number of anilines is 1. The van der Waals surface area contributed by atoms with Crippen LogP contribution in [0.25, 0.3) is 0 Å². The Labute approximate surface area is 192 Å². The van der Waals surface area contributed by atoms with Crippen LogP contribution in [0.5, 0.6) is 5.75 Å². The number of benzene rings is 3. The molecule has 158 valence electrons. The van der Waals surface area contributed by atoms with Crippen molar-refractivity contribution >= 4 is 50.5 Å². The Hall–Kier alpha value is -3.30. The number of carbonyl (C=O) groups is 1. The van der Waals surface area contributed by atoms with Gasteiger partial charge in [0.1, 0.15) is 5.75 Å². The summed E-state index contributed by atoms with van der Waals surface area (Å²) in [5.41, 5.74) is 2.05. The van der Waals surface area contributed by atoms with E-state index in [1.807, 2.05) is 30.3 Å². The molecule has 9 heteroatoms. The molecule has 0 aromatic heterocycles. The van der Waals surface area contributed by atoms with Crippen molar-refractivity contribution in [1.82, 2.24) is 5.32 Å². The van der Waals surface area contributed by atoms with E-state index in [2.05, 4.69) is 26.6 Å². The third-order valence-corrected chi connectivity index (χ3v) is 5.12. The molecule has 0 fully saturated rings. The summed E-state index contributed by atoms with van der Waals surface area (Å²) in [6.07, 6.45) is 0.793. The molecule has 3 aromatic rings. The summed E-state index contributed by atoms with van der Waals surface area (Å²) in [6.45, 7) is 0.535. The van der Waals surface area contributed by atoms with Crippen molar-refractivity contribution in [2.75, 3.05) is 11.9 Å². The number of non-ortho nitro benzene ring substituents is 1. The zero-order valence-corrected chi connectivity index (χ0v) is 18.6. The van der Waals surface area contributed by atoms with Gasteiger partial charge in [-0.3, -0.25) is 20.2 Å². The van der Waals surface area contributed by atoms with Crippen molar-refractivity contribution in [3.05, 3.63) is 98.5 Å². The molecule has 0 bridgehead atoms. The summed E-state index contributed by atoms with van der Waals surface area (Å²) in [7, 11) is 0. The van der Waals surface area contributed by atoms with Gasteiger partial charge in [0.25, 0.3) is 11.6 Å². The van der Waals surface area contributed by atoms with E-state index in [0.29, 0.717) is 28.1 Å². The van der Waals surface area contributed by atoms with Crippen LogP contribution >= 0.6 is 28.1 Å². The van der Waals surface area contributed by atoms with Crippen LogP contribution in [0.2, 0.25) is 0 Å². The van der Waals surface area contributed by atoms with Gasteiger partial charge in [-0.1, -0.05) is 30.3 Å². The number of carbonyl (C=O) groups excluding carboxylic acids is 1. The van der Waals surface area contributed by atoms with Gasteiger partial charge >= 0.3 is 0 Å². The summed E-state index contributed by atoms with van der Waals surface area (Å²) in [6, 6.07) is 21.0. The lowest BCUT2D eigenvalue weighted by Crippen LogP contribution is -2.34. The fourth-order valence-corrected chi connectivity index (χ4v) is 3.35. The maximum Gasteiger partial charge on any atom is 0.270 e. The highest BCUT2D eigenvalue weighted by atomic mass is 79.9. The Balaban J connectivity index is 1.50. The summed E-state index contributed by atoms with van der Waals surface area (Å²) >= 11 is 8.41. The molecule has 0 radical (unpaired) electrons. The molecular weight excluding hydrogens is 482 g/mol. The Kier molecular flexibility index (Phi) is 7.69. The maximum absolute atomic E-state index is 12.4. The first-order chi connectivity index (χ1) is 14.9. The van der Waals surface area contributed by atoms with Crippen molar-refractivity contribution in [2.24, 2.45) is 0 Å². The summed E-state index contributed by atoms with van der Waals surface area (Å²) < 4.78 is 6.18. The second kappa shape index (κ2) is 10.6. The molecule has 0 saturated heterocycles. The molecule has 0 aliphatic rings. The van der Waals surface area contributed by atoms with Crippen LogP contribution in [0.4, 0.5) is 11.4 Å². The van der Waals surface area contributed by atoms with Gasteiger partial charge in [0.15, 0.2) is 5.11 Å². The van der Waals surface area contributed by atoms with Crippen LogP contribution in [0.15, 0.2) is 77.3 Å². The second-order valence-corrected chi connectivity index (χ2v) is 7.70. The first kappa shape index (κ1) is 22.4. The van der Waals surface area contributed by atoms with E-state index < -0.39 is 4.92 Å². The van der Waals surface area contributed by atoms with Crippen molar-refractivity contribution < 1.29 is 14.5 Å². The fourth-order valence-electron chi connectivity index (χ4n) is 2.68. The highest BCUT2D eigenvalue weighted by Gasteiger charge is 2.12. The highest BCUT2D eigenvalue weighted by Crippen LogP contribution is 2.27. The second-order valence-electron chi connectivity index (χ2n) is 6.44. The van der Waals surface area contributed by atoms with Crippen LogP contribution in [0, 0.1) is 10.1 Å². The molecule has 0 heterocycles. The van der Waals surface area contributed by atoms with Gasteiger partial charge in [-0.15, -0.1) is 0 Å². The Morgan fingerprint density at radius 2 is 1.77 bits per heavy atom. The van der Waals surface area contributed by atoms with Crippen LogP contribution in [0.1, 0.15) is 15.9 Å². The van der Waals surface area contributed by atoms with Gasteiger partial charge in [0.05, 0.1) is 17.2 Å². The van der Waals surface area contributed by atoms with Crippen molar-refractivity contribution in [1.29, 1.82) is 0 Å². The van der Waals surface area contributed by atoms with Crippen molar-refractivity contribution in [2.45, 2.75) is 6.42 Å². The minimum atomic E-state index is -0.496. The molecule has 1 amide bonds. The zero-order valence-electron chi connectivity index (χ0n) is 16.2. The number of nitro groups is 1. The molecule has 0 atom stereocenters. The monoisotopic (exact) mass is 499 g/mol. The first-order valence-corrected chi connectivity index (χ1v) is 10.5. The van der Waals surface area contributed by atoms with Crippen LogP contribution in [-0.4, -0.2) is 22.5 Å². The lowest BCUT2D eigenvalue weighted by atomic mass is 10.2. The summed E-state index contributed by atoms with van der Waals surface area (Å²) in [4.78, 5) is 22.7. The topological polar surface area (TPSA) is 93.5 Å². The normalized spacial score (nSPS) is 10.2. The average Bonchev–Trinajstić information content (AvgIpc) is 2.76. The van der Waals surface area contributed by atoms with E-state index in [4.69, 9.17) is 17.0 Å². The van der Waals surface area contributed by atoms with Gasteiger partial charge in [-0.2, -0.15) is 0 Å². The number of nitrogens with one attached hydrogen (secondary N) is 2. The molecule has 7 nitrogen and oxygen atoms in total. The molecule has 3 rings (SSSR count). The fraction of sp³-hybridized carbons (Fsp3) is 0.0909. The van der Waals surface area contributed by atoms with E-state index in [0.717, 1.165) is 6.42 Å². The molecule has 2 N–H and O–H groups in total. The van der Waals surface area contributed by atoms with E-state index in [1.54, 1.807) is 24.3 Å².